The fourth-order valence-corrected chi connectivity index (χ4v) is 6.29. The minimum atomic E-state index is -5.08. The topological polar surface area (TPSA) is 176 Å². The average Bonchev–Trinajstić information content (AvgIpc) is 3.61. The number of aryl methyl sites for hydroxylation is 1. The third-order valence-corrected chi connectivity index (χ3v) is 9.29. The van der Waals surface area contributed by atoms with Crippen LogP contribution >= 0.6 is 12.0 Å². The molecular formula is C38H53F5N4O9S. The van der Waals surface area contributed by atoms with Crippen LogP contribution in [-0.2, 0) is 47.7 Å². The quantitative estimate of drug-likeness (QED) is 0.0347. The molecule has 0 bridgehead atoms. The van der Waals surface area contributed by atoms with Gasteiger partial charge >= 0.3 is 18.2 Å². The fraction of sp³-hybridized carbons (Fsp3) is 0.579. The number of likely N-dealkylation sites (tertiary alicyclic amines) is 1. The maximum Gasteiger partial charge on any atom is 0.490 e. The molecule has 1 aliphatic heterocycles. The number of carboxylic acids is 1. The number of ether oxygens (including phenoxy) is 1. The van der Waals surface area contributed by atoms with Gasteiger partial charge in [0, 0.05) is 51.1 Å². The number of nitrogens with one attached hydrogen (secondary N) is 3. The van der Waals surface area contributed by atoms with Crippen LogP contribution in [0.25, 0.3) is 0 Å². The van der Waals surface area contributed by atoms with E-state index >= 15 is 0 Å². The molecule has 3 amide bonds. The van der Waals surface area contributed by atoms with Crippen LogP contribution in [-0.4, -0.2) is 101 Å². The number of aliphatic hydroxyl groups is 1. The number of benzene rings is 2. The van der Waals surface area contributed by atoms with Crippen LogP contribution in [0, 0.1) is 11.6 Å². The van der Waals surface area contributed by atoms with E-state index in [1.54, 1.807) is 4.90 Å². The number of hydrogen-bond donors (Lipinski definition) is 5. The summed E-state index contributed by atoms with van der Waals surface area (Å²) in [4.78, 5) is 54.5. The lowest BCUT2D eigenvalue weighted by Crippen LogP contribution is -2.55. The van der Waals surface area contributed by atoms with Crippen LogP contribution < -0.4 is 16.0 Å². The number of carbonyl (C=O) groups is 4. The van der Waals surface area contributed by atoms with E-state index in [9.17, 15) is 41.4 Å². The molecule has 1 heterocycles. The number of amides is 3. The standard InChI is InChI=1S/C36H52F2N4O7S.C2HF3O2/c1-5-9-30(10-6-2)48-49-50-23-33(41-36(46)47-31-13-14-42(22-31)24(4)43)35(45)40-32(18-27-16-28(37)19-29(38)17-27)34(44)21-39-20-26-12-8-11-25(7-3)15-26;3-2(4,5)1(6)7/h8,11-12,15-17,19,30-34,39,44H,5-7,9-10,13-14,18,20-23H2,1-4H3,(H,40,45)(H,41,46);(H,6,7)/t31-,32+,33?,34-;/m1./s1. The molecule has 1 fully saturated rings. The molecule has 1 aliphatic rings. The van der Waals surface area contributed by atoms with Crippen molar-refractivity contribution in [3.05, 3.63) is 70.8 Å². The second-order valence-electron chi connectivity index (χ2n) is 13.4. The molecule has 4 atom stereocenters. The fourth-order valence-electron chi connectivity index (χ4n) is 5.70. The summed E-state index contributed by atoms with van der Waals surface area (Å²) in [5.41, 5.74) is 2.41. The van der Waals surface area contributed by atoms with E-state index in [2.05, 4.69) is 28.9 Å². The van der Waals surface area contributed by atoms with Gasteiger partial charge in [-0.2, -0.15) is 17.5 Å². The Kier molecular flexibility index (Phi) is 21.8. The third kappa shape index (κ3) is 19.3. The number of aliphatic carboxylic acids is 1. The summed E-state index contributed by atoms with van der Waals surface area (Å²) < 4.78 is 70.9. The maximum atomic E-state index is 14.1. The lowest BCUT2D eigenvalue weighted by Gasteiger charge is -2.27. The Morgan fingerprint density at radius 2 is 1.60 bits per heavy atom. The molecule has 0 aromatic heterocycles. The van der Waals surface area contributed by atoms with Crippen molar-refractivity contribution in [1.29, 1.82) is 0 Å². The van der Waals surface area contributed by atoms with Gasteiger partial charge in [0.05, 0.1) is 30.5 Å². The molecule has 19 heteroatoms. The van der Waals surface area contributed by atoms with Gasteiger partial charge in [-0.15, -0.1) is 0 Å². The van der Waals surface area contributed by atoms with E-state index in [0.29, 0.717) is 19.5 Å². The highest BCUT2D eigenvalue weighted by Gasteiger charge is 2.38. The Balaban J connectivity index is 0.00000146. The molecule has 2 aromatic rings. The zero-order valence-electron chi connectivity index (χ0n) is 32.4. The smallest absolute Gasteiger partial charge is 0.475 e. The van der Waals surface area contributed by atoms with Crippen molar-refractivity contribution in [3.63, 3.8) is 0 Å². The van der Waals surface area contributed by atoms with Gasteiger partial charge in [0.2, 0.25) is 11.8 Å². The average molecular weight is 837 g/mol. The predicted molar refractivity (Wildman–Crippen MR) is 202 cm³/mol. The number of carboxylic acid groups (broad SMARTS) is 1. The number of halogens is 5. The van der Waals surface area contributed by atoms with Crippen molar-refractivity contribution in [3.8, 4) is 0 Å². The van der Waals surface area contributed by atoms with Crippen molar-refractivity contribution in [2.75, 3.05) is 25.4 Å². The highest BCUT2D eigenvalue weighted by Crippen LogP contribution is 2.18. The van der Waals surface area contributed by atoms with E-state index in [0.717, 1.165) is 67.9 Å². The van der Waals surface area contributed by atoms with Crippen LogP contribution in [0.3, 0.4) is 0 Å². The SMILES string of the molecule is CCCC(CCC)OOSCC(NC(=O)O[C@@H]1CCN(C(C)=O)C1)C(=O)N[C@@H](Cc1cc(F)cc(F)c1)[C@H](O)CNCc1cccc(CC)c1.O=C(O)C(F)(F)F. The van der Waals surface area contributed by atoms with Gasteiger partial charge < -0.3 is 35.8 Å². The lowest BCUT2D eigenvalue weighted by atomic mass is 10.00. The summed E-state index contributed by atoms with van der Waals surface area (Å²) in [6, 6.07) is 8.82. The third-order valence-electron chi connectivity index (χ3n) is 8.65. The van der Waals surface area contributed by atoms with Crippen molar-refractivity contribution in [2.45, 2.75) is 116 Å². The zero-order chi connectivity index (χ0) is 42.5. The second-order valence-corrected chi connectivity index (χ2v) is 14.1. The first-order chi connectivity index (χ1) is 26.9. The van der Waals surface area contributed by atoms with Crippen molar-refractivity contribution < 1.29 is 65.3 Å². The molecule has 57 heavy (non-hydrogen) atoms. The van der Waals surface area contributed by atoms with Gasteiger partial charge in [-0.1, -0.05) is 57.9 Å². The number of rotatable bonds is 21. The Morgan fingerprint density at radius 1 is 0.965 bits per heavy atom. The minimum Gasteiger partial charge on any atom is -0.475 e. The maximum absolute atomic E-state index is 14.1. The normalized spacial score (nSPS) is 15.6. The van der Waals surface area contributed by atoms with Gasteiger partial charge in [-0.25, -0.2) is 23.3 Å². The molecular weight excluding hydrogens is 783 g/mol. The molecule has 5 N–H and O–H groups in total. The van der Waals surface area contributed by atoms with E-state index < -0.39 is 60.1 Å². The van der Waals surface area contributed by atoms with Crippen molar-refractivity contribution in [1.82, 2.24) is 20.9 Å². The van der Waals surface area contributed by atoms with Gasteiger partial charge in [-0.3, -0.25) is 9.59 Å². The number of aliphatic hydroxyl groups excluding tert-OH is 1. The first-order valence-corrected chi connectivity index (χ1v) is 19.6. The summed E-state index contributed by atoms with van der Waals surface area (Å²) in [5.74, 6) is -5.22. The lowest BCUT2D eigenvalue weighted by molar-refractivity contribution is -0.234. The molecule has 1 unspecified atom stereocenters. The molecule has 0 saturated carbocycles. The van der Waals surface area contributed by atoms with E-state index in [1.165, 1.54) is 12.5 Å². The molecule has 2 aromatic carbocycles. The molecule has 0 spiro atoms. The van der Waals surface area contributed by atoms with Crippen molar-refractivity contribution in [2.24, 2.45) is 0 Å². The summed E-state index contributed by atoms with van der Waals surface area (Å²) in [6.07, 6.45) is -3.18. The number of carbonyl (C=O) groups excluding carboxylic acids is 3. The highest BCUT2D eigenvalue weighted by molar-refractivity contribution is 7.94. The number of alkyl halides is 3. The molecule has 3 rings (SSSR count). The predicted octanol–water partition coefficient (Wildman–Crippen LogP) is 5.62. The Morgan fingerprint density at radius 3 is 2.16 bits per heavy atom. The van der Waals surface area contributed by atoms with Crippen LogP contribution in [0.4, 0.5) is 26.7 Å². The number of alkyl carbamates (subject to hydrolysis) is 1. The summed E-state index contributed by atoms with van der Waals surface area (Å²) in [6.45, 7) is 8.78. The number of hydrogen-bond acceptors (Lipinski definition) is 10. The first kappa shape index (κ1) is 49.1. The Labute approximate surface area is 333 Å². The van der Waals surface area contributed by atoms with Crippen LogP contribution in [0.15, 0.2) is 42.5 Å². The monoisotopic (exact) mass is 836 g/mol. The summed E-state index contributed by atoms with van der Waals surface area (Å²) in [5, 5.41) is 26.9. The van der Waals surface area contributed by atoms with Crippen LogP contribution in [0.5, 0.6) is 0 Å². The zero-order valence-corrected chi connectivity index (χ0v) is 33.2. The van der Waals surface area contributed by atoms with Crippen LogP contribution in [0.1, 0.15) is 76.5 Å². The Hall–Kier alpha value is -4.04. The molecule has 1 saturated heterocycles. The van der Waals surface area contributed by atoms with Gasteiger partial charge in [0.15, 0.2) is 0 Å². The molecule has 13 nitrogen and oxygen atoms in total. The molecule has 0 aliphatic carbocycles. The minimum absolute atomic E-state index is 0.0511. The van der Waals surface area contributed by atoms with E-state index in [-0.39, 0.29) is 42.8 Å². The second kappa shape index (κ2) is 25.3. The first-order valence-electron chi connectivity index (χ1n) is 18.6. The van der Waals surface area contributed by atoms with Gasteiger partial charge in [-0.05, 0) is 54.5 Å². The van der Waals surface area contributed by atoms with Crippen molar-refractivity contribution >= 4 is 35.9 Å². The van der Waals surface area contributed by atoms with E-state index in [4.69, 9.17) is 23.9 Å². The highest BCUT2D eigenvalue weighted by atomic mass is 32.2. The van der Waals surface area contributed by atoms with Gasteiger partial charge in [0.25, 0.3) is 0 Å². The number of nitrogens with zero attached hydrogens (tertiary/aromatic N) is 1. The van der Waals surface area contributed by atoms with Crippen LogP contribution in [0.2, 0.25) is 0 Å². The molecule has 0 radical (unpaired) electrons. The summed E-state index contributed by atoms with van der Waals surface area (Å²) in [7, 11) is 0. The van der Waals surface area contributed by atoms with Gasteiger partial charge in [0.1, 0.15) is 23.8 Å². The Bertz CT molecular complexity index is 1550. The largest absolute Gasteiger partial charge is 0.490 e. The summed E-state index contributed by atoms with van der Waals surface area (Å²) >= 11 is 0.836. The molecule has 320 valence electrons. The van der Waals surface area contributed by atoms with E-state index in [1.807, 2.05) is 32.0 Å².